The van der Waals surface area contributed by atoms with E-state index in [4.69, 9.17) is 0 Å². The Kier molecular flexibility index (Phi) is 11.6. The van der Waals surface area contributed by atoms with Crippen LogP contribution in [-0.4, -0.2) is 36.9 Å². The minimum atomic E-state index is -1.30. The summed E-state index contributed by atoms with van der Waals surface area (Å²) in [6, 6.07) is 0. The molecule has 0 spiro atoms. The Morgan fingerprint density at radius 2 is 1.26 bits per heavy atom. The third kappa shape index (κ3) is 5.68. The van der Waals surface area contributed by atoms with Crippen LogP contribution in [0.25, 0.3) is 0 Å². The zero-order valence-corrected chi connectivity index (χ0v) is 14.8. The molecule has 92 valence electrons. The van der Waals surface area contributed by atoms with Crippen molar-refractivity contribution in [3.05, 3.63) is 31.6 Å². The van der Waals surface area contributed by atoms with Gasteiger partial charge in [-0.1, -0.05) is 0 Å². The van der Waals surface area contributed by atoms with Crippen molar-refractivity contribution in [2.75, 3.05) is 0 Å². The number of rotatable bonds is 6. The Labute approximate surface area is 157 Å². The Hall–Kier alpha value is -0.312. The second kappa shape index (κ2) is 10.5. The van der Waals surface area contributed by atoms with Gasteiger partial charge in [0.05, 0.1) is 0 Å². The summed E-state index contributed by atoms with van der Waals surface area (Å²) >= 11 is 0. The van der Waals surface area contributed by atoms with Crippen molar-refractivity contribution >= 4 is 27.9 Å². The first-order valence-corrected chi connectivity index (χ1v) is 3.92. The Morgan fingerprint density at radius 3 is 1.58 bits per heavy atom. The molecule has 0 aromatic carbocycles. The summed E-state index contributed by atoms with van der Waals surface area (Å²) in [5.41, 5.74) is -1.16. The van der Waals surface area contributed by atoms with Gasteiger partial charge in [-0.15, -0.1) is 0 Å². The van der Waals surface area contributed by atoms with Crippen LogP contribution in [0, 0.1) is 0 Å². The van der Waals surface area contributed by atoms with Gasteiger partial charge < -0.3 is 24.5 Å². The standard InChI is InChI=1S/C5H2B2N4O6.2Y/c12-1-8-6-10-3(14)11(7-9-2-13)5(16)17-4(10)15;;/h(H,8,12)(H,9,13);;/q-2;;. The molecular formula is C5H2B2N4O6Y2-2. The van der Waals surface area contributed by atoms with E-state index in [0.717, 1.165) is 0 Å². The molecule has 0 aliphatic rings. The molecule has 2 N–H and O–H groups in total. The van der Waals surface area contributed by atoms with Crippen molar-refractivity contribution in [3.63, 3.8) is 0 Å². The van der Waals surface area contributed by atoms with E-state index in [1.54, 1.807) is 10.5 Å². The number of aromatic nitrogens is 2. The first kappa shape index (κ1) is 21.0. The van der Waals surface area contributed by atoms with Crippen LogP contribution in [0.1, 0.15) is 0 Å². The van der Waals surface area contributed by atoms with E-state index >= 15 is 0 Å². The third-order valence-electron chi connectivity index (χ3n) is 1.49. The third-order valence-corrected chi connectivity index (χ3v) is 1.49. The van der Waals surface area contributed by atoms with Crippen LogP contribution < -0.4 is 27.7 Å². The van der Waals surface area contributed by atoms with Crippen LogP contribution >= 0.6 is 0 Å². The Bertz CT molecular complexity index is 549. The number of hydrogen-bond donors (Lipinski definition) is 2. The smallest absolute Gasteiger partial charge is 0.415 e. The van der Waals surface area contributed by atoms with Crippen LogP contribution in [0.3, 0.4) is 0 Å². The molecule has 10 nitrogen and oxygen atoms in total. The molecule has 0 bridgehead atoms. The fraction of sp³-hybridized carbons (Fsp3) is 0. The van der Waals surface area contributed by atoms with Crippen LogP contribution in [0.4, 0.5) is 0 Å². The molecule has 4 radical (unpaired) electrons. The van der Waals surface area contributed by atoms with E-state index in [0.29, 0.717) is 15.1 Å². The fourth-order valence-electron chi connectivity index (χ4n) is 0.843. The zero-order valence-electron chi connectivity index (χ0n) is 9.15. The van der Waals surface area contributed by atoms with Gasteiger partial charge in [0.1, 0.15) is 0 Å². The first-order chi connectivity index (χ1) is 8.11. The van der Waals surface area contributed by atoms with Crippen LogP contribution in [0.2, 0.25) is 0 Å². The zero-order chi connectivity index (χ0) is 12.8. The van der Waals surface area contributed by atoms with Crippen LogP contribution in [-0.2, 0) is 75.0 Å². The summed E-state index contributed by atoms with van der Waals surface area (Å²) in [4.78, 5) is 53.4. The Morgan fingerprint density at radius 1 is 0.895 bits per heavy atom. The van der Waals surface area contributed by atoms with Crippen molar-refractivity contribution in [2.45, 2.75) is 0 Å². The number of nitrogens with zero attached hydrogens (tertiary/aromatic N) is 2. The predicted molar refractivity (Wildman–Crippen MR) is 53.5 cm³/mol. The maximum Gasteiger partial charge on any atom is 0.415 e. The predicted octanol–water partition coefficient (Wildman–Crippen LogP) is -4.96. The summed E-state index contributed by atoms with van der Waals surface area (Å²) in [5, 5.41) is 3.59. The molecule has 1 aromatic rings. The van der Waals surface area contributed by atoms with Gasteiger partial charge >= 0.3 is 32.3 Å². The van der Waals surface area contributed by atoms with Gasteiger partial charge in [0.25, 0.3) is 0 Å². The molecule has 1 heterocycles. The molecule has 0 saturated carbocycles. The maximum atomic E-state index is 11.5. The van der Waals surface area contributed by atoms with E-state index in [1.165, 1.54) is 12.8 Å². The molecule has 2 amide bonds. The average Bonchev–Trinajstić information content (AvgIpc) is 2.28. The molecule has 19 heavy (non-hydrogen) atoms. The second-order valence-electron chi connectivity index (χ2n) is 2.41. The van der Waals surface area contributed by atoms with E-state index in [2.05, 4.69) is 4.42 Å². The minimum Gasteiger partial charge on any atom is -0.560 e. The largest absolute Gasteiger partial charge is 0.560 e. The molecule has 0 atom stereocenters. The monoisotopic (exact) mass is 414 g/mol. The number of carbonyl (C=O) groups excluding carboxylic acids is 2. The van der Waals surface area contributed by atoms with Gasteiger partial charge in [0.15, 0.2) is 0 Å². The quantitative estimate of drug-likeness (QED) is 0.273. The SMILES string of the molecule is O=[C-]N[B]n1c(=O)oc(=O)n([B]N[C-]=O)c1=O.[Y].[Y]. The van der Waals surface area contributed by atoms with Crippen LogP contribution in [0.5, 0.6) is 0 Å². The first-order valence-electron chi connectivity index (χ1n) is 3.92. The molecule has 0 saturated heterocycles. The molecule has 0 aliphatic carbocycles. The summed E-state index contributed by atoms with van der Waals surface area (Å²) in [6.07, 6.45) is 2.35. The molecular weight excluding hydrogens is 412 g/mol. The van der Waals surface area contributed by atoms with Gasteiger partial charge in [-0.3, -0.25) is 8.96 Å². The van der Waals surface area contributed by atoms with E-state index in [9.17, 15) is 24.0 Å². The Balaban J connectivity index is 0. The van der Waals surface area contributed by atoms with Crippen molar-refractivity contribution in [2.24, 2.45) is 0 Å². The summed E-state index contributed by atoms with van der Waals surface area (Å²) in [6.45, 7) is 0. The molecule has 1 rings (SSSR count). The summed E-state index contributed by atoms with van der Waals surface area (Å²) in [7, 11) is 1.27. The topological polar surface area (TPSA) is 132 Å². The number of hydrogen-bond acceptors (Lipinski definition) is 6. The number of amides is 2. The van der Waals surface area contributed by atoms with E-state index in [-0.39, 0.29) is 74.4 Å². The van der Waals surface area contributed by atoms with Crippen molar-refractivity contribution in [1.82, 2.24) is 19.4 Å². The summed E-state index contributed by atoms with van der Waals surface area (Å²) < 4.78 is 4.70. The van der Waals surface area contributed by atoms with Gasteiger partial charge in [-0.05, 0) is 0 Å². The van der Waals surface area contributed by atoms with Crippen LogP contribution in [0.15, 0.2) is 18.8 Å². The van der Waals surface area contributed by atoms with Gasteiger partial charge in [-0.25, -0.2) is 14.4 Å². The van der Waals surface area contributed by atoms with E-state index < -0.39 is 17.2 Å². The van der Waals surface area contributed by atoms with Crippen molar-refractivity contribution in [3.8, 4) is 0 Å². The summed E-state index contributed by atoms with van der Waals surface area (Å²) in [5.74, 6) is -2.61. The molecule has 14 heteroatoms. The fourth-order valence-corrected chi connectivity index (χ4v) is 0.843. The molecule has 0 unspecified atom stereocenters. The molecule has 1 aromatic heterocycles. The van der Waals surface area contributed by atoms with E-state index in [1.807, 2.05) is 0 Å². The van der Waals surface area contributed by atoms with Gasteiger partial charge in [0, 0.05) is 65.4 Å². The second-order valence-corrected chi connectivity index (χ2v) is 2.41. The minimum absolute atomic E-state index is 0. The van der Waals surface area contributed by atoms with Crippen molar-refractivity contribution in [1.29, 1.82) is 0 Å². The number of nitrogens with one attached hydrogen (secondary N) is 2. The normalized spacial score (nSPS) is 8.21. The van der Waals surface area contributed by atoms with Gasteiger partial charge in [0.2, 0.25) is 0 Å². The van der Waals surface area contributed by atoms with Gasteiger partial charge in [-0.2, -0.15) is 12.8 Å². The molecule has 0 aliphatic heterocycles. The molecule has 0 fully saturated rings. The average molecular weight is 414 g/mol. The van der Waals surface area contributed by atoms with Crippen molar-refractivity contribution < 1.29 is 79.4 Å². The maximum absolute atomic E-state index is 11.5.